The zero-order valence-electron chi connectivity index (χ0n) is 7.73. The van der Waals surface area contributed by atoms with Gasteiger partial charge in [0.15, 0.2) is 0 Å². The normalized spacial score (nSPS) is 10.6. The Bertz CT molecular complexity index is 408. The Morgan fingerprint density at radius 1 is 1.38 bits per heavy atom. The molecule has 68 valence electrons. The van der Waals surface area contributed by atoms with E-state index in [1.165, 1.54) is 0 Å². The van der Waals surface area contributed by atoms with E-state index in [9.17, 15) is 12.8 Å². The average molecular weight is 216 g/mol. The van der Waals surface area contributed by atoms with Crippen LogP contribution in [-0.2, 0) is 10.1 Å². The van der Waals surface area contributed by atoms with E-state index in [0.717, 1.165) is 12.1 Å². The van der Waals surface area contributed by atoms with E-state index in [1.807, 2.05) is 0 Å². The van der Waals surface area contributed by atoms with E-state index in [-0.39, 0.29) is 31.0 Å². The van der Waals surface area contributed by atoms with E-state index < -0.39 is 26.6 Å². The van der Waals surface area contributed by atoms with Gasteiger partial charge < -0.3 is 6.53 Å². The number of hydrogen-bond donors (Lipinski definition) is 2. The first-order valence-corrected chi connectivity index (χ1v) is 4.31. The van der Waals surface area contributed by atoms with Gasteiger partial charge in [0.25, 0.3) is 10.1 Å². The molecular formula is C6H6FNaO4S. The van der Waals surface area contributed by atoms with E-state index in [0.29, 0.717) is 6.07 Å². The molecular weight excluding hydrogens is 210 g/mol. The molecule has 0 aromatic heterocycles. The first-order valence-electron chi connectivity index (χ1n) is 2.87. The fraction of sp³-hybridized carbons (Fsp3) is 0. The van der Waals surface area contributed by atoms with Crippen molar-refractivity contribution < 1.29 is 53.5 Å². The molecule has 0 radical (unpaired) electrons. The summed E-state index contributed by atoms with van der Waals surface area (Å²) in [5.41, 5.74) is 0. The van der Waals surface area contributed by atoms with Gasteiger partial charge in [0.2, 0.25) is 0 Å². The van der Waals surface area contributed by atoms with Crippen molar-refractivity contribution in [3.05, 3.63) is 24.0 Å². The summed E-state index contributed by atoms with van der Waals surface area (Å²) in [6, 6.07) is 2.34. The Morgan fingerprint density at radius 2 is 1.92 bits per heavy atom. The molecule has 0 fully saturated rings. The fourth-order valence-corrected chi connectivity index (χ4v) is 1.24. The smallest absolute Gasteiger partial charge is 1.00 e. The molecule has 1 rings (SSSR count). The molecule has 0 heterocycles. The Hall–Kier alpha value is -0.140. The molecule has 0 aliphatic rings. The average Bonchev–Trinajstić information content (AvgIpc) is 1.83. The Kier molecular flexibility index (Phi) is 4.34. The summed E-state index contributed by atoms with van der Waals surface area (Å²) in [7, 11) is -4.54. The zero-order chi connectivity index (χ0) is 9.35. The summed E-state index contributed by atoms with van der Waals surface area (Å²) in [4.78, 5) is -0.847. The number of phenols is 1. The zero-order valence-corrected chi connectivity index (χ0v) is 9.55. The molecule has 2 N–H and O–H groups in total. The SMILES string of the molecule is O=S(=O)(O)c1ccc(O)cc1F.[H-].[Na+]. The van der Waals surface area contributed by atoms with Crippen molar-refractivity contribution in [3.8, 4) is 5.75 Å². The van der Waals surface area contributed by atoms with Crippen LogP contribution in [0, 0.1) is 5.82 Å². The van der Waals surface area contributed by atoms with Crippen molar-refractivity contribution in [3.63, 3.8) is 0 Å². The summed E-state index contributed by atoms with van der Waals surface area (Å²) in [6.45, 7) is 0. The molecule has 1 aromatic rings. The standard InChI is InChI=1S/C6H5FO4S.Na.H/c7-5-3-4(8)1-2-6(5)12(9,10)11;;/h1-3,8H,(H,9,10,11);;/q;+1;-1. The maximum absolute atomic E-state index is 12.6. The van der Waals surface area contributed by atoms with Gasteiger partial charge in [-0.2, -0.15) is 8.42 Å². The van der Waals surface area contributed by atoms with Crippen LogP contribution in [-0.4, -0.2) is 18.1 Å². The number of benzene rings is 1. The molecule has 4 nitrogen and oxygen atoms in total. The van der Waals surface area contributed by atoms with Crippen LogP contribution in [0.4, 0.5) is 4.39 Å². The van der Waals surface area contributed by atoms with Gasteiger partial charge in [-0.1, -0.05) is 0 Å². The van der Waals surface area contributed by atoms with Gasteiger partial charge in [0.05, 0.1) is 0 Å². The number of aromatic hydroxyl groups is 1. The van der Waals surface area contributed by atoms with Crippen LogP contribution in [0.3, 0.4) is 0 Å². The topological polar surface area (TPSA) is 74.6 Å². The van der Waals surface area contributed by atoms with Gasteiger partial charge in [-0.15, -0.1) is 0 Å². The largest absolute Gasteiger partial charge is 1.00 e. The molecule has 0 saturated heterocycles. The van der Waals surface area contributed by atoms with Gasteiger partial charge >= 0.3 is 29.6 Å². The maximum Gasteiger partial charge on any atom is 1.00 e. The van der Waals surface area contributed by atoms with Crippen molar-refractivity contribution >= 4 is 10.1 Å². The minimum atomic E-state index is -4.54. The molecule has 7 heteroatoms. The number of halogens is 1. The van der Waals surface area contributed by atoms with Crippen LogP contribution >= 0.6 is 0 Å². The van der Waals surface area contributed by atoms with Crippen molar-refractivity contribution in [2.45, 2.75) is 4.90 Å². The van der Waals surface area contributed by atoms with Crippen LogP contribution in [0.15, 0.2) is 23.1 Å². The van der Waals surface area contributed by atoms with Gasteiger partial charge in [-0.3, -0.25) is 4.55 Å². The minimum Gasteiger partial charge on any atom is -1.00 e. The van der Waals surface area contributed by atoms with Gasteiger partial charge in [-0.05, 0) is 12.1 Å². The first-order chi connectivity index (χ1) is 5.41. The van der Waals surface area contributed by atoms with Gasteiger partial charge in [0, 0.05) is 6.07 Å². The second-order valence-corrected chi connectivity index (χ2v) is 3.48. The van der Waals surface area contributed by atoms with Crippen molar-refractivity contribution in [2.75, 3.05) is 0 Å². The summed E-state index contributed by atoms with van der Waals surface area (Å²) >= 11 is 0. The monoisotopic (exact) mass is 216 g/mol. The van der Waals surface area contributed by atoms with Gasteiger partial charge in [-0.25, -0.2) is 4.39 Å². The van der Waals surface area contributed by atoms with Crippen LogP contribution in [0.5, 0.6) is 5.75 Å². The molecule has 0 unspecified atom stereocenters. The summed E-state index contributed by atoms with van der Waals surface area (Å²) < 4.78 is 41.9. The summed E-state index contributed by atoms with van der Waals surface area (Å²) in [6.07, 6.45) is 0. The first kappa shape index (κ1) is 12.9. The van der Waals surface area contributed by atoms with Crippen molar-refractivity contribution in [2.24, 2.45) is 0 Å². The van der Waals surface area contributed by atoms with Crippen LogP contribution in [0.1, 0.15) is 1.43 Å². The molecule has 0 bridgehead atoms. The third kappa shape index (κ3) is 3.24. The predicted molar refractivity (Wildman–Crippen MR) is 39.0 cm³/mol. The van der Waals surface area contributed by atoms with Gasteiger partial charge in [0.1, 0.15) is 16.5 Å². The molecule has 0 aliphatic carbocycles. The quantitative estimate of drug-likeness (QED) is 0.416. The van der Waals surface area contributed by atoms with E-state index in [2.05, 4.69) is 0 Å². The Morgan fingerprint density at radius 3 is 2.31 bits per heavy atom. The Balaban J connectivity index is 0. The van der Waals surface area contributed by atoms with E-state index in [1.54, 1.807) is 0 Å². The second-order valence-electron chi connectivity index (χ2n) is 2.09. The van der Waals surface area contributed by atoms with Crippen molar-refractivity contribution in [1.82, 2.24) is 0 Å². The minimum absolute atomic E-state index is 0. The molecule has 13 heavy (non-hydrogen) atoms. The van der Waals surface area contributed by atoms with Crippen LogP contribution in [0.2, 0.25) is 0 Å². The summed E-state index contributed by atoms with van der Waals surface area (Å²) in [5.74, 6) is -1.59. The third-order valence-corrected chi connectivity index (χ3v) is 2.08. The summed E-state index contributed by atoms with van der Waals surface area (Å²) in [5, 5.41) is 8.69. The van der Waals surface area contributed by atoms with E-state index in [4.69, 9.17) is 9.66 Å². The number of phenolic OH excluding ortho intramolecular Hbond substituents is 1. The van der Waals surface area contributed by atoms with E-state index >= 15 is 0 Å². The third-order valence-electron chi connectivity index (χ3n) is 1.19. The molecule has 1 aromatic carbocycles. The van der Waals surface area contributed by atoms with Crippen LogP contribution in [0.25, 0.3) is 0 Å². The number of hydrogen-bond acceptors (Lipinski definition) is 3. The second kappa shape index (κ2) is 4.39. The Labute approximate surface area is 97.9 Å². The predicted octanol–water partition coefficient (Wildman–Crippen LogP) is -2.11. The van der Waals surface area contributed by atoms with Crippen LogP contribution < -0.4 is 29.6 Å². The number of rotatable bonds is 1. The fourth-order valence-electron chi connectivity index (χ4n) is 0.699. The maximum atomic E-state index is 12.6. The molecule has 0 aliphatic heterocycles. The molecule has 0 spiro atoms. The molecule has 0 amide bonds. The molecule has 0 saturated carbocycles. The molecule has 0 atom stereocenters. The van der Waals surface area contributed by atoms with Crippen molar-refractivity contribution in [1.29, 1.82) is 0 Å².